The topological polar surface area (TPSA) is 82.1 Å². The van der Waals surface area contributed by atoms with Gasteiger partial charge in [0.2, 0.25) is 0 Å². The number of nitriles is 1. The molecule has 4 N–H and O–H groups in total. The Morgan fingerprint density at radius 1 is 1.50 bits per heavy atom. The summed E-state index contributed by atoms with van der Waals surface area (Å²) in [6, 6.07) is 7.13. The van der Waals surface area contributed by atoms with Crippen LogP contribution in [0.2, 0.25) is 0 Å². The molecule has 0 saturated heterocycles. The van der Waals surface area contributed by atoms with Crippen LogP contribution < -0.4 is 11.1 Å². The predicted octanol–water partition coefficient (Wildman–Crippen LogP) is 2.35. The third kappa shape index (κ3) is 4.27. The minimum atomic E-state index is -0.769. The van der Waals surface area contributed by atoms with E-state index in [9.17, 15) is 5.11 Å². The van der Waals surface area contributed by atoms with Gasteiger partial charge >= 0.3 is 0 Å². The zero-order valence-electron chi connectivity index (χ0n) is 11.2. The van der Waals surface area contributed by atoms with Crippen LogP contribution in [0.1, 0.15) is 32.8 Å². The van der Waals surface area contributed by atoms with Gasteiger partial charge in [0.1, 0.15) is 0 Å². The third-order valence-electron chi connectivity index (χ3n) is 2.69. The Balaban J connectivity index is 2.67. The van der Waals surface area contributed by atoms with E-state index in [-0.39, 0.29) is 0 Å². The molecule has 0 spiro atoms. The minimum absolute atomic E-state index is 0.431. The van der Waals surface area contributed by atoms with E-state index in [1.165, 1.54) is 0 Å². The molecule has 4 heteroatoms. The molecule has 4 nitrogen and oxygen atoms in total. The third-order valence-corrected chi connectivity index (χ3v) is 2.69. The van der Waals surface area contributed by atoms with Crippen LogP contribution >= 0.6 is 0 Å². The number of nitrogens with one attached hydrogen (secondary N) is 1. The second-order valence-electron chi connectivity index (χ2n) is 5.36. The summed E-state index contributed by atoms with van der Waals surface area (Å²) < 4.78 is 0. The van der Waals surface area contributed by atoms with Crippen molar-refractivity contribution in [1.82, 2.24) is 0 Å². The lowest BCUT2D eigenvalue weighted by Gasteiger charge is -2.26. The van der Waals surface area contributed by atoms with Crippen LogP contribution in [-0.4, -0.2) is 17.3 Å². The van der Waals surface area contributed by atoms with Crippen molar-refractivity contribution in [3.05, 3.63) is 23.8 Å². The van der Waals surface area contributed by atoms with Gasteiger partial charge in [0.25, 0.3) is 0 Å². The maximum Gasteiger partial charge on any atom is 0.0992 e. The number of rotatable bonds is 5. The molecule has 0 aliphatic carbocycles. The maximum atomic E-state index is 10.2. The number of hydrogen-bond acceptors (Lipinski definition) is 4. The molecule has 1 unspecified atom stereocenters. The molecule has 0 aliphatic rings. The molecule has 0 bridgehead atoms. The van der Waals surface area contributed by atoms with Crippen LogP contribution in [0.15, 0.2) is 18.2 Å². The smallest absolute Gasteiger partial charge is 0.0992 e. The zero-order chi connectivity index (χ0) is 13.8. The number of nitrogens with two attached hydrogens (primary N) is 1. The van der Waals surface area contributed by atoms with Crippen molar-refractivity contribution in [2.24, 2.45) is 5.92 Å². The van der Waals surface area contributed by atoms with Crippen LogP contribution in [0.5, 0.6) is 0 Å². The second-order valence-corrected chi connectivity index (χ2v) is 5.36. The van der Waals surface area contributed by atoms with Crippen molar-refractivity contribution in [3.63, 3.8) is 0 Å². The molecule has 0 aromatic heterocycles. The highest BCUT2D eigenvalue weighted by atomic mass is 16.3. The SMILES string of the molecule is CC(C)CC(C)(O)CNc1ccc(C#N)cc1N. The van der Waals surface area contributed by atoms with Gasteiger partial charge in [-0.25, -0.2) is 0 Å². The van der Waals surface area contributed by atoms with E-state index in [2.05, 4.69) is 19.2 Å². The van der Waals surface area contributed by atoms with E-state index in [1.807, 2.05) is 6.07 Å². The van der Waals surface area contributed by atoms with Crippen molar-refractivity contribution >= 4 is 11.4 Å². The highest BCUT2D eigenvalue weighted by Gasteiger charge is 2.21. The van der Waals surface area contributed by atoms with Crippen LogP contribution in [0.25, 0.3) is 0 Å². The Morgan fingerprint density at radius 3 is 2.67 bits per heavy atom. The Kier molecular flexibility index (Phi) is 4.57. The maximum absolute atomic E-state index is 10.2. The molecule has 18 heavy (non-hydrogen) atoms. The fraction of sp³-hybridized carbons (Fsp3) is 0.500. The van der Waals surface area contributed by atoms with Crippen LogP contribution in [0, 0.1) is 17.2 Å². The van der Waals surface area contributed by atoms with Crippen molar-refractivity contribution in [2.45, 2.75) is 32.8 Å². The summed E-state index contributed by atoms with van der Waals surface area (Å²) in [4.78, 5) is 0. The number of anilines is 2. The van der Waals surface area contributed by atoms with E-state index in [4.69, 9.17) is 11.0 Å². The standard InChI is InChI=1S/C14H21N3O/c1-10(2)7-14(3,18)9-17-13-5-4-11(8-15)6-12(13)16/h4-6,10,17-18H,7,9,16H2,1-3H3. The number of aliphatic hydroxyl groups is 1. The first-order valence-corrected chi connectivity index (χ1v) is 6.10. The molecule has 1 aromatic carbocycles. The molecule has 0 saturated carbocycles. The summed E-state index contributed by atoms with van der Waals surface area (Å²) in [5, 5.41) is 22.1. The van der Waals surface area contributed by atoms with Gasteiger partial charge in [-0.3, -0.25) is 0 Å². The molecule has 1 atom stereocenters. The van der Waals surface area contributed by atoms with Crippen molar-refractivity contribution in [2.75, 3.05) is 17.6 Å². The molecule has 0 aliphatic heterocycles. The summed E-state index contributed by atoms with van der Waals surface area (Å²) in [7, 11) is 0. The average Bonchev–Trinajstić information content (AvgIpc) is 2.25. The molecule has 0 radical (unpaired) electrons. The van der Waals surface area contributed by atoms with Crippen LogP contribution in [0.4, 0.5) is 11.4 Å². The largest absolute Gasteiger partial charge is 0.397 e. The first kappa shape index (κ1) is 14.3. The highest BCUT2D eigenvalue weighted by molar-refractivity contribution is 5.68. The number of nitrogens with zero attached hydrogens (tertiary/aromatic N) is 1. The van der Waals surface area contributed by atoms with Crippen LogP contribution in [0.3, 0.4) is 0 Å². The van der Waals surface area contributed by atoms with Crippen LogP contribution in [-0.2, 0) is 0 Å². The lowest BCUT2D eigenvalue weighted by molar-refractivity contribution is 0.0516. The Labute approximate surface area is 108 Å². The van der Waals surface area contributed by atoms with Gasteiger partial charge in [0.05, 0.1) is 28.6 Å². The van der Waals surface area contributed by atoms with Gasteiger partial charge in [0, 0.05) is 6.54 Å². The predicted molar refractivity (Wildman–Crippen MR) is 74.1 cm³/mol. The first-order valence-electron chi connectivity index (χ1n) is 6.10. The molecule has 0 heterocycles. The summed E-state index contributed by atoms with van der Waals surface area (Å²) >= 11 is 0. The second kappa shape index (κ2) is 5.74. The van der Waals surface area contributed by atoms with Gasteiger partial charge in [0.15, 0.2) is 0 Å². The van der Waals surface area contributed by atoms with Crippen molar-refractivity contribution in [1.29, 1.82) is 5.26 Å². The van der Waals surface area contributed by atoms with E-state index in [0.717, 1.165) is 12.1 Å². The fourth-order valence-corrected chi connectivity index (χ4v) is 2.03. The highest BCUT2D eigenvalue weighted by Crippen LogP contribution is 2.22. The normalized spacial score (nSPS) is 14.0. The summed E-state index contributed by atoms with van der Waals surface area (Å²) in [6.07, 6.45) is 0.718. The van der Waals surface area contributed by atoms with Gasteiger partial charge in [-0.15, -0.1) is 0 Å². The lowest BCUT2D eigenvalue weighted by atomic mass is 9.94. The fourth-order valence-electron chi connectivity index (χ4n) is 2.03. The monoisotopic (exact) mass is 247 g/mol. The van der Waals surface area contributed by atoms with E-state index in [1.54, 1.807) is 25.1 Å². The Morgan fingerprint density at radius 2 is 2.17 bits per heavy atom. The number of hydrogen-bond donors (Lipinski definition) is 3. The molecule has 1 aromatic rings. The lowest BCUT2D eigenvalue weighted by Crippen LogP contribution is -2.35. The Hall–Kier alpha value is -1.73. The molecule has 0 amide bonds. The van der Waals surface area contributed by atoms with Crippen molar-refractivity contribution in [3.8, 4) is 6.07 Å². The quantitative estimate of drug-likeness (QED) is 0.697. The number of nitrogen functional groups attached to an aromatic ring is 1. The summed E-state index contributed by atoms with van der Waals surface area (Å²) in [6.45, 7) is 6.39. The molecular weight excluding hydrogens is 226 g/mol. The van der Waals surface area contributed by atoms with E-state index >= 15 is 0 Å². The van der Waals surface area contributed by atoms with E-state index in [0.29, 0.717) is 23.7 Å². The summed E-state index contributed by atoms with van der Waals surface area (Å²) in [5.74, 6) is 0.431. The van der Waals surface area contributed by atoms with Gasteiger partial charge < -0.3 is 16.2 Å². The molecule has 98 valence electrons. The molecule has 0 fully saturated rings. The minimum Gasteiger partial charge on any atom is -0.397 e. The van der Waals surface area contributed by atoms with Crippen molar-refractivity contribution < 1.29 is 5.11 Å². The van der Waals surface area contributed by atoms with Gasteiger partial charge in [-0.1, -0.05) is 13.8 Å². The Bertz CT molecular complexity index is 447. The van der Waals surface area contributed by atoms with E-state index < -0.39 is 5.60 Å². The molecular formula is C14H21N3O. The first-order chi connectivity index (χ1) is 8.34. The zero-order valence-corrected chi connectivity index (χ0v) is 11.2. The molecule has 1 rings (SSSR count). The summed E-state index contributed by atoms with van der Waals surface area (Å²) in [5.41, 5.74) is 6.87. The average molecular weight is 247 g/mol. The number of benzene rings is 1. The van der Waals surface area contributed by atoms with Gasteiger partial charge in [-0.05, 0) is 37.5 Å². The van der Waals surface area contributed by atoms with Gasteiger partial charge in [-0.2, -0.15) is 5.26 Å².